The summed E-state index contributed by atoms with van der Waals surface area (Å²) in [5, 5.41) is 5.33. The van der Waals surface area contributed by atoms with E-state index in [4.69, 9.17) is 9.47 Å². The fourth-order valence-electron chi connectivity index (χ4n) is 3.36. The van der Waals surface area contributed by atoms with Gasteiger partial charge in [-0.15, -0.1) is 0 Å². The van der Waals surface area contributed by atoms with Crippen LogP contribution >= 0.6 is 0 Å². The molecule has 3 rings (SSSR count). The third-order valence-electron chi connectivity index (χ3n) is 5.08. The van der Waals surface area contributed by atoms with Gasteiger partial charge in [0.15, 0.2) is 0 Å². The van der Waals surface area contributed by atoms with Gasteiger partial charge in [-0.05, 0) is 43.0 Å². The number of esters is 2. The van der Waals surface area contributed by atoms with Crippen molar-refractivity contribution in [3.05, 3.63) is 82.1 Å². The van der Waals surface area contributed by atoms with E-state index in [-0.39, 0.29) is 30.9 Å². The van der Waals surface area contributed by atoms with Gasteiger partial charge in [0, 0.05) is 0 Å². The number of urea groups is 1. The predicted octanol–water partition coefficient (Wildman–Crippen LogP) is 3.26. The number of aryl methyl sites for hydroxylation is 2. The topological polar surface area (TPSA) is 93.7 Å². The van der Waals surface area contributed by atoms with Crippen LogP contribution in [0, 0.1) is 13.8 Å². The Bertz CT molecular complexity index is 1010. The molecule has 7 heteroatoms. The molecule has 2 N–H and O–H groups in total. The van der Waals surface area contributed by atoms with Gasteiger partial charge in [0.1, 0.15) is 6.61 Å². The molecule has 0 unspecified atom stereocenters. The van der Waals surface area contributed by atoms with Crippen molar-refractivity contribution in [1.82, 2.24) is 10.6 Å². The minimum atomic E-state index is -0.706. The Labute approximate surface area is 181 Å². The maximum Gasteiger partial charge on any atom is 0.338 e. The van der Waals surface area contributed by atoms with E-state index in [1.165, 1.54) is 0 Å². The van der Waals surface area contributed by atoms with Crippen LogP contribution in [-0.2, 0) is 25.5 Å². The van der Waals surface area contributed by atoms with E-state index in [0.29, 0.717) is 0 Å². The molecule has 162 valence electrons. The van der Waals surface area contributed by atoms with E-state index in [1.807, 2.05) is 50.2 Å². The normalized spacial score (nSPS) is 15.7. The second-order valence-electron chi connectivity index (χ2n) is 7.31. The van der Waals surface area contributed by atoms with Crippen molar-refractivity contribution in [2.75, 3.05) is 13.2 Å². The third kappa shape index (κ3) is 5.51. The summed E-state index contributed by atoms with van der Waals surface area (Å²) in [6.45, 7) is 5.62. The van der Waals surface area contributed by atoms with E-state index in [2.05, 4.69) is 10.6 Å². The van der Waals surface area contributed by atoms with Gasteiger partial charge in [0.05, 0.1) is 30.3 Å². The van der Waals surface area contributed by atoms with Crippen molar-refractivity contribution in [3.8, 4) is 0 Å². The Morgan fingerprint density at radius 1 is 1.00 bits per heavy atom. The Morgan fingerprint density at radius 3 is 2.42 bits per heavy atom. The van der Waals surface area contributed by atoms with Gasteiger partial charge >= 0.3 is 18.0 Å². The van der Waals surface area contributed by atoms with E-state index >= 15 is 0 Å². The maximum absolute atomic E-state index is 12.7. The zero-order valence-electron chi connectivity index (χ0n) is 17.9. The number of carbonyl (C=O) groups is 3. The van der Waals surface area contributed by atoms with Crippen LogP contribution in [0.3, 0.4) is 0 Å². The van der Waals surface area contributed by atoms with Crippen LogP contribution in [0.1, 0.15) is 35.2 Å². The molecule has 0 aromatic heterocycles. The van der Waals surface area contributed by atoms with Crippen molar-refractivity contribution >= 4 is 18.0 Å². The summed E-state index contributed by atoms with van der Waals surface area (Å²) in [6, 6.07) is 13.7. The number of rotatable bonds is 7. The van der Waals surface area contributed by atoms with Crippen molar-refractivity contribution < 1.29 is 23.9 Å². The molecule has 1 aliphatic heterocycles. The molecule has 1 heterocycles. The van der Waals surface area contributed by atoms with E-state index < -0.39 is 24.0 Å². The Hall–Kier alpha value is -3.61. The molecule has 0 bridgehead atoms. The number of nitrogens with one attached hydrogen (secondary N) is 2. The largest absolute Gasteiger partial charge is 0.463 e. The molecular weight excluding hydrogens is 396 g/mol. The lowest BCUT2D eigenvalue weighted by molar-refractivity contribution is -0.143. The molecule has 0 spiro atoms. The van der Waals surface area contributed by atoms with Gasteiger partial charge < -0.3 is 20.1 Å². The van der Waals surface area contributed by atoms with Crippen molar-refractivity contribution in [1.29, 1.82) is 0 Å². The SMILES string of the molecule is CCOC(=O)C1=C(COC(=O)Cc2ccc(C)c(C)c2)NC(=O)N[C@@H]1c1ccccc1. The highest BCUT2D eigenvalue weighted by molar-refractivity contribution is 5.95. The molecule has 0 saturated carbocycles. The molecule has 31 heavy (non-hydrogen) atoms. The number of hydrogen-bond acceptors (Lipinski definition) is 5. The first-order valence-electron chi connectivity index (χ1n) is 10.1. The van der Waals surface area contributed by atoms with Gasteiger partial charge in [0.2, 0.25) is 0 Å². The van der Waals surface area contributed by atoms with E-state index in [0.717, 1.165) is 22.3 Å². The molecule has 0 radical (unpaired) electrons. The zero-order chi connectivity index (χ0) is 22.4. The highest BCUT2D eigenvalue weighted by atomic mass is 16.5. The fraction of sp³-hybridized carbons (Fsp3) is 0.292. The summed E-state index contributed by atoms with van der Waals surface area (Å²) < 4.78 is 10.6. The Morgan fingerprint density at radius 2 is 1.74 bits per heavy atom. The molecule has 0 aliphatic carbocycles. The molecule has 7 nitrogen and oxygen atoms in total. The first kappa shape index (κ1) is 22.1. The first-order valence-corrected chi connectivity index (χ1v) is 10.1. The molecule has 0 saturated heterocycles. The van der Waals surface area contributed by atoms with Gasteiger partial charge in [0.25, 0.3) is 0 Å². The smallest absolute Gasteiger partial charge is 0.338 e. The van der Waals surface area contributed by atoms with Crippen LogP contribution in [0.25, 0.3) is 0 Å². The average molecular weight is 422 g/mol. The first-order chi connectivity index (χ1) is 14.9. The maximum atomic E-state index is 12.7. The minimum Gasteiger partial charge on any atom is -0.463 e. The number of carbonyl (C=O) groups excluding carboxylic acids is 3. The molecule has 2 aromatic carbocycles. The van der Waals surface area contributed by atoms with E-state index in [1.54, 1.807) is 19.1 Å². The number of ether oxygens (including phenoxy) is 2. The summed E-state index contributed by atoms with van der Waals surface area (Å²) in [4.78, 5) is 37.3. The van der Waals surface area contributed by atoms with Gasteiger partial charge in [-0.2, -0.15) is 0 Å². The summed E-state index contributed by atoms with van der Waals surface area (Å²) in [7, 11) is 0. The molecule has 2 amide bonds. The summed E-state index contributed by atoms with van der Waals surface area (Å²) in [6.07, 6.45) is 0.0947. The van der Waals surface area contributed by atoms with Gasteiger partial charge in [-0.3, -0.25) is 4.79 Å². The standard InChI is InChI=1S/C24H26N2O5/c1-4-30-23(28)21-19(25-24(29)26-22(21)18-8-6-5-7-9-18)14-31-20(27)13-17-11-10-15(2)16(3)12-17/h5-12,22H,4,13-14H2,1-3H3,(H2,25,26,29)/t22-/m1/s1. The van der Waals surface area contributed by atoms with E-state index in [9.17, 15) is 14.4 Å². The zero-order valence-corrected chi connectivity index (χ0v) is 17.9. The Kier molecular flexibility index (Phi) is 7.07. The molecule has 1 atom stereocenters. The van der Waals surface area contributed by atoms with Gasteiger partial charge in [-0.1, -0.05) is 48.5 Å². The molecule has 1 aliphatic rings. The van der Waals surface area contributed by atoms with Crippen LogP contribution in [-0.4, -0.2) is 31.2 Å². The van der Waals surface area contributed by atoms with Crippen LogP contribution in [0.4, 0.5) is 4.79 Å². The fourth-order valence-corrected chi connectivity index (χ4v) is 3.36. The van der Waals surface area contributed by atoms with Crippen LogP contribution < -0.4 is 10.6 Å². The quantitative estimate of drug-likeness (QED) is 0.668. The minimum absolute atomic E-state index is 0.0947. The summed E-state index contributed by atoms with van der Waals surface area (Å²) in [5.74, 6) is -1.04. The highest BCUT2D eigenvalue weighted by Crippen LogP contribution is 2.27. The molecule has 0 fully saturated rings. The lowest BCUT2D eigenvalue weighted by atomic mass is 9.95. The molecule has 2 aromatic rings. The van der Waals surface area contributed by atoms with Crippen molar-refractivity contribution in [2.24, 2.45) is 0 Å². The van der Waals surface area contributed by atoms with Crippen molar-refractivity contribution in [3.63, 3.8) is 0 Å². The molecular formula is C24H26N2O5. The average Bonchev–Trinajstić information content (AvgIpc) is 2.75. The third-order valence-corrected chi connectivity index (χ3v) is 5.08. The number of benzene rings is 2. The van der Waals surface area contributed by atoms with Crippen LogP contribution in [0.5, 0.6) is 0 Å². The summed E-state index contributed by atoms with van der Waals surface area (Å²) in [5.41, 5.74) is 4.22. The lowest BCUT2D eigenvalue weighted by Gasteiger charge is -2.29. The Balaban J connectivity index is 1.82. The van der Waals surface area contributed by atoms with Gasteiger partial charge in [-0.25, -0.2) is 9.59 Å². The summed E-state index contributed by atoms with van der Waals surface area (Å²) >= 11 is 0. The van der Waals surface area contributed by atoms with Crippen molar-refractivity contribution in [2.45, 2.75) is 33.2 Å². The van der Waals surface area contributed by atoms with Crippen LogP contribution in [0.2, 0.25) is 0 Å². The second kappa shape index (κ2) is 9.93. The number of amides is 2. The predicted molar refractivity (Wildman–Crippen MR) is 115 cm³/mol. The highest BCUT2D eigenvalue weighted by Gasteiger charge is 2.34. The second-order valence-corrected chi connectivity index (χ2v) is 7.31. The van der Waals surface area contributed by atoms with Crippen LogP contribution in [0.15, 0.2) is 59.8 Å². The lowest BCUT2D eigenvalue weighted by Crippen LogP contribution is -2.47. The number of hydrogen-bond donors (Lipinski definition) is 2. The monoisotopic (exact) mass is 422 g/mol.